The Balaban J connectivity index is 2.43. The fraction of sp³-hybridized carbons (Fsp3) is 0.467. The van der Waals surface area contributed by atoms with Crippen molar-refractivity contribution in [3.05, 3.63) is 35.4 Å². The number of rotatable bonds is 6. The van der Waals surface area contributed by atoms with Crippen LogP contribution in [0.4, 0.5) is 0 Å². The average Bonchev–Trinajstić information content (AvgIpc) is 2.25. The number of benzene rings is 1. The minimum Gasteiger partial charge on any atom is -0.481 e. The van der Waals surface area contributed by atoms with E-state index < -0.39 is 11.5 Å². The molecule has 1 aromatic rings. The van der Waals surface area contributed by atoms with Crippen LogP contribution in [0, 0.1) is 6.92 Å². The van der Waals surface area contributed by atoms with Crippen molar-refractivity contribution in [2.45, 2.75) is 45.6 Å². The van der Waals surface area contributed by atoms with Gasteiger partial charge in [0.2, 0.25) is 5.91 Å². The quantitative estimate of drug-likeness (QED) is 0.827. The second kappa shape index (κ2) is 6.36. The third-order valence-electron chi connectivity index (χ3n) is 2.83. The van der Waals surface area contributed by atoms with Gasteiger partial charge in [0.15, 0.2) is 0 Å². The molecule has 0 radical (unpaired) electrons. The van der Waals surface area contributed by atoms with E-state index in [-0.39, 0.29) is 12.3 Å². The van der Waals surface area contributed by atoms with Crippen molar-refractivity contribution in [1.82, 2.24) is 5.32 Å². The van der Waals surface area contributed by atoms with E-state index in [0.29, 0.717) is 12.8 Å². The van der Waals surface area contributed by atoms with Gasteiger partial charge in [-0.2, -0.15) is 0 Å². The van der Waals surface area contributed by atoms with E-state index in [4.69, 9.17) is 5.11 Å². The van der Waals surface area contributed by atoms with Gasteiger partial charge < -0.3 is 10.4 Å². The normalized spacial score (nSPS) is 11.1. The van der Waals surface area contributed by atoms with E-state index in [1.54, 1.807) is 13.8 Å². The molecule has 0 bridgehead atoms. The van der Waals surface area contributed by atoms with Crippen LogP contribution in [0.25, 0.3) is 0 Å². The van der Waals surface area contributed by atoms with Crippen LogP contribution < -0.4 is 5.32 Å². The number of carbonyl (C=O) groups is 2. The van der Waals surface area contributed by atoms with Crippen LogP contribution in [0.5, 0.6) is 0 Å². The Morgan fingerprint density at radius 3 is 2.32 bits per heavy atom. The number of amides is 1. The molecule has 104 valence electrons. The Hall–Kier alpha value is -1.84. The Morgan fingerprint density at radius 1 is 1.21 bits per heavy atom. The monoisotopic (exact) mass is 263 g/mol. The van der Waals surface area contributed by atoms with Gasteiger partial charge in [0, 0.05) is 12.0 Å². The average molecular weight is 263 g/mol. The summed E-state index contributed by atoms with van der Waals surface area (Å²) >= 11 is 0. The highest BCUT2D eigenvalue weighted by atomic mass is 16.4. The molecule has 0 atom stereocenters. The zero-order valence-electron chi connectivity index (χ0n) is 11.7. The molecule has 4 heteroatoms. The second-order valence-corrected chi connectivity index (χ2v) is 5.49. The largest absolute Gasteiger partial charge is 0.481 e. The van der Waals surface area contributed by atoms with Gasteiger partial charge in [-0.1, -0.05) is 29.8 Å². The summed E-state index contributed by atoms with van der Waals surface area (Å²) in [6.07, 6.45) is 0.949. The molecule has 0 spiro atoms. The van der Waals surface area contributed by atoms with E-state index in [1.165, 1.54) is 5.56 Å². The Kier molecular flexibility index (Phi) is 5.10. The molecule has 0 unspecified atom stereocenters. The summed E-state index contributed by atoms with van der Waals surface area (Å²) in [6, 6.07) is 8.04. The molecule has 0 aliphatic rings. The van der Waals surface area contributed by atoms with Gasteiger partial charge in [-0.05, 0) is 32.8 Å². The first kappa shape index (κ1) is 15.2. The summed E-state index contributed by atoms with van der Waals surface area (Å²) in [5, 5.41) is 11.5. The van der Waals surface area contributed by atoms with E-state index in [2.05, 4.69) is 5.32 Å². The molecule has 0 aliphatic heterocycles. The number of aliphatic carboxylic acids is 1. The topological polar surface area (TPSA) is 66.4 Å². The van der Waals surface area contributed by atoms with Crippen molar-refractivity contribution < 1.29 is 14.7 Å². The Morgan fingerprint density at radius 2 is 1.79 bits per heavy atom. The van der Waals surface area contributed by atoms with E-state index in [9.17, 15) is 9.59 Å². The lowest BCUT2D eigenvalue weighted by Gasteiger charge is -2.24. The predicted molar refractivity (Wildman–Crippen MR) is 74.0 cm³/mol. The van der Waals surface area contributed by atoms with Crippen LogP contribution in [-0.2, 0) is 16.0 Å². The molecule has 0 fully saturated rings. The zero-order valence-corrected chi connectivity index (χ0v) is 11.7. The predicted octanol–water partition coefficient (Wildman–Crippen LogP) is 2.30. The molecule has 1 aromatic carbocycles. The maximum absolute atomic E-state index is 11.8. The first-order valence-corrected chi connectivity index (χ1v) is 6.37. The lowest BCUT2D eigenvalue weighted by molar-refractivity contribution is -0.138. The molecule has 1 amide bonds. The van der Waals surface area contributed by atoms with Crippen molar-refractivity contribution >= 4 is 11.9 Å². The van der Waals surface area contributed by atoms with E-state index in [0.717, 1.165) is 5.56 Å². The number of carboxylic acids is 1. The summed E-state index contributed by atoms with van der Waals surface area (Å²) in [5.41, 5.74) is 1.59. The van der Waals surface area contributed by atoms with Gasteiger partial charge in [0.25, 0.3) is 0 Å². The third kappa shape index (κ3) is 6.04. The summed E-state index contributed by atoms with van der Waals surface area (Å²) in [6.45, 7) is 5.45. The highest BCUT2D eigenvalue weighted by Gasteiger charge is 2.23. The molecule has 0 saturated carbocycles. The van der Waals surface area contributed by atoms with Crippen molar-refractivity contribution in [3.8, 4) is 0 Å². The maximum atomic E-state index is 11.8. The number of hydrogen-bond donors (Lipinski definition) is 2. The number of nitrogens with one attached hydrogen (secondary N) is 1. The highest BCUT2D eigenvalue weighted by molar-refractivity contribution is 5.78. The zero-order chi connectivity index (χ0) is 14.5. The van der Waals surface area contributed by atoms with Crippen molar-refractivity contribution in [2.75, 3.05) is 0 Å². The molecule has 2 N–H and O–H groups in total. The molecule has 4 nitrogen and oxygen atoms in total. The van der Waals surface area contributed by atoms with Crippen molar-refractivity contribution in [2.24, 2.45) is 0 Å². The van der Waals surface area contributed by atoms with Crippen LogP contribution in [-0.4, -0.2) is 22.5 Å². The molecular weight excluding hydrogens is 242 g/mol. The van der Waals surface area contributed by atoms with Crippen LogP contribution in [0.1, 0.15) is 37.8 Å². The van der Waals surface area contributed by atoms with Crippen molar-refractivity contribution in [1.29, 1.82) is 0 Å². The van der Waals surface area contributed by atoms with Gasteiger partial charge in [0.05, 0.1) is 6.42 Å². The Bertz CT molecular complexity index is 449. The van der Waals surface area contributed by atoms with Crippen LogP contribution in [0.3, 0.4) is 0 Å². The molecule has 1 rings (SSSR count). The SMILES string of the molecule is Cc1ccc(CCC(=O)NC(C)(C)CC(=O)O)cc1. The lowest BCUT2D eigenvalue weighted by atomic mass is 10.00. The number of aryl methyl sites for hydroxylation is 2. The van der Waals surface area contributed by atoms with Gasteiger partial charge in [-0.3, -0.25) is 9.59 Å². The molecule has 0 heterocycles. The van der Waals surface area contributed by atoms with Gasteiger partial charge in [-0.15, -0.1) is 0 Å². The number of carbonyl (C=O) groups excluding carboxylic acids is 1. The maximum Gasteiger partial charge on any atom is 0.305 e. The molecule has 19 heavy (non-hydrogen) atoms. The summed E-state index contributed by atoms with van der Waals surface area (Å²) in [5.74, 6) is -1.03. The smallest absolute Gasteiger partial charge is 0.305 e. The standard InChI is InChI=1S/C15H21NO3/c1-11-4-6-12(7-5-11)8-9-13(17)16-15(2,3)10-14(18)19/h4-7H,8-10H2,1-3H3,(H,16,17)(H,18,19). The minimum atomic E-state index is -0.913. The minimum absolute atomic E-state index is 0.0801. The first-order valence-electron chi connectivity index (χ1n) is 6.37. The number of hydrogen-bond acceptors (Lipinski definition) is 2. The number of carboxylic acid groups (broad SMARTS) is 1. The van der Waals surface area contributed by atoms with E-state index >= 15 is 0 Å². The van der Waals surface area contributed by atoms with Crippen LogP contribution >= 0.6 is 0 Å². The summed E-state index contributed by atoms with van der Waals surface area (Å²) in [4.78, 5) is 22.4. The third-order valence-corrected chi connectivity index (χ3v) is 2.83. The highest BCUT2D eigenvalue weighted by Crippen LogP contribution is 2.10. The van der Waals surface area contributed by atoms with Gasteiger partial charge in [-0.25, -0.2) is 0 Å². The molecular formula is C15H21NO3. The van der Waals surface area contributed by atoms with Gasteiger partial charge in [0.1, 0.15) is 0 Å². The van der Waals surface area contributed by atoms with Gasteiger partial charge >= 0.3 is 5.97 Å². The van der Waals surface area contributed by atoms with Crippen molar-refractivity contribution in [3.63, 3.8) is 0 Å². The first-order chi connectivity index (χ1) is 8.78. The second-order valence-electron chi connectivity index (χ2n) is 5.49. The van der Waals surface area contributed by atoms with Crippen LogP contribution in [0.15, 0.2) is 24.3 Å². The Labute approximate surface area is 113 Å². The van der Waals surface area contributed by atoms with E-state index in [1.807, 2.05) is 31.2 Å². The van der Waals surface area contributed by atoms with Crippen LogP contribution in [0.2, 0.25) is 0 Å². The molecule has 0 aromatic heterocycles. The molecule has 0 aliphatic carbocycles. The lowest BCUT2D eigenvalue weighted by Crippen LogP contribution is -2.45. The molecule has 0 saturated heterocycles. The summed E-state index contributed by atoms with van der Waals surface area (Å²) in [7, 11) is 0. The fourth-order valence-electron chi connectivity index (χ4n) is 1.87. The fourth-order valence-corrected chi connectivity index (χ4v) is 1.87. The summed E-state index contributed by atoms with van der Waals surface area (Å²) < 4.78 is 0.